The maximum atomic E-state index is 12.6. The van der Waals surface area contributed by atoms with Gasteiger partial charge in [-0.2, -0.15) is 0 Å². The van der Waals surface area contributed by atoms with Gasteiger partial charge in [0.05, 0.1) is 12.9 Å². The molecule has 0 radical (unpaired) electrons. The van der Waals surface area contributed by atoms with Crippen molar-refractivity contribution in [1.29, 1.82) is 0 Å². The molecule has 180 valence electrons. The number of sulfonamides is 1. The molecule has 1 amide bonds. The first kappa shape index (κ1) is 25.3. The van der Waals surface area contributed by atoms with Crippen LogP contribution >= 0.6 is 0 Å². The number of carbonyl (C=O) groups excluding carboxylic acids is 1. The molecule has 0 fully saturated rings. The molecule has 0 aliphatic rings. The van der Waals surface area contributed by atoms with Crippen molar-refractivity contribution in [3.8, 4) is 11.5 Å². The minimum atomic E-state index is -3.38. The third kappa shape index (κ3) is 7.60. The first-order chi connectivity index (χ1) is 16.3. The second-order valence-corrected chi connectivity index (χ2v) is 9.92. The van der Waals surface area contributed by atoms with Crippen LogP contribution in [0.5, 0.6) is 11.5 Å². The number of hydrogen-bond acceptors (Lipinski definition) is 5. The lowest BCUT2D eigenvalue weighted by Crippen LogP contribution is -2.31. The van der Waals surface area contributed by atoms with Crippen molar-refractivity contribution in [2.75, 3.05) is 7.11 Å². The minimum absolute atomic E-state index is 0.0870. The van der Waals surface area contributed by atoms with Crippen LogP contribution < -0.4 is 19.5 Å². The Morgan fingerprint density at radius 1 is 0.882 bits per heavy atom. The topological polar surface area (TPSA) is 93.7 Å². The van der Waals surface area contributed by atoms with Crippen LogP contribution in [0.4, 0.5) is 0 Å². The van der Waals surface area contributed by atoms with E-state index in [1.165, 1.54) is 7.11 Å². The fourth-order valence-corrected chi connectivity index (χ4v) is 4.75. The zero-order valence-electron chi connectivity index (χ0n) is 19.6. The first-order valence-electron chi connectivity index (χ1n) is 11.0. The molecule has 0 unspecified atom stereocenters. The van der Waals surface area contributed by atoms with Crippen molar-refractivity contribution >= 4 is 15.9 Å². The number of amides is 1. The molecule has 3 aromatic carbocycles. The molecule has 8 heteroatoms. The van der Waals surface area contributed by atoms with Gasteiger partial charge in [-0.1, -0.05) is 54.6 Å². The zero-order chi connectivity index (χ0) is 24.6. The molecule has 0 saturated heterocycles. The molecular formula is C26H30N2O5S. The van der Waals surface area contributed by atoms with Gasteiger partial charge in [0, 0.05) is 18.2 Å². The van der Waals surface area contributed by atoms with Crippen LogP contribution in [0.3, 0.4) is 0 Å². The number of nitrogens with one attached hydrogen (secondary N) is 2. The van der Waals surface area contributed by atoms with E-state index in [9.17, 15) is 13.2 Å². The van der Waals surface area contributed by atoms with Gasteiger partial charge in [0.1, 0.15) is 6.61 Å². The Hall–Kier alpha value is -3.36. The van der Waals surface area contributed by atoms with Gasteiger partial charge in [0.15, 0.2) is 11.5 Å². The lowest BCUT2D eigenvalue weighted by molar-refractivity contribution is 0.0950. The van der Waals surface area contributed by atoms with Crippen LogP contribution in [0.15, 0.2) is 72.8 Å². The van der Waals surface area contributed by atoms with Crippen molar-refractivity contribution < 1.29 is 22.7 Å². The van der Waals surface area contributed by atoms with Crippen LogP contribution in [0, 0.1) is 0 Å². The highest BCUT2D eigenvalue weighted by Gasteiger charge is 2.14. The molecule has 0 heterocycles. The molecule has 3 rings (SSSR count). The molecule has 3 aromatic rings. The van der Waals surface area contributed by atoms with Gasteiger partial charge in [0.2, 0.25) is 10.0 Å². The predicted molar refractivity (Wildman–Crippen MR) is 132 cm³/mol. The van der Waals surface area contributed by atoms with E-state index in [2.05, 4.69) is 10.0 Å². The number of rotatable bonds is 11. The summed E-state index contributed by atoms with van der Waals surface area (Å²) >= 11 is 0. The number of benzene rings is 3. The second-order valence-electron chi connectivity index (χ2n) is 8.17. The summed E-state index contributed by atoms with van der Waals surface area (Å²) in [4.78, 5) is 12.6. The van der Waals surface area contributed by atoms with E-state index in [4.69, 9.17) is 9.47 Å². The lowest BCUT2D eigenvalue weighted by atomic mass is 10.1. The molecule has 0 aliphatic carbocycles. The second kappa shape index (κ2) is 11.7. The maximum absolute atomic E-state index is 12.6. The van der Waals surface area contributed by atoms with E-state index in [1.54, 1.807) is 44.2 Å². The smallest absolute Gasteiger partial charge is 0.251 e. The van der Waals surface area contributed by atoms with Crippen molar-refractivity contribution in [1.82, 2.24) is 10.0 Å². The van der Waals surface area contributed by atoms with Crippen molar-refractivity contribution in [2.45, 2.75) is 38.8 Å². The molecule has 7 nitrogen and oxygen atoms in total. The molecule has 0 aromatic heterocycles. The Morgan fingerprint density at radius 3 is 2.21 bits per heavy atom. The van der Waals surface area contributed by atoms with E-state index in [0.29, 0.717) is 35.8 Å². The third-order valence-corrected chi connectivity index (χ3v) is 6.45. The van der Waals surface area contributed by atoms with Crippen LogP contribution in [0.1, 0.15) is 40.9 Å². The van der Waals surface area contributed by atoms with E-state index < -0.39 is 10.0 Å². The predicted octanol–water partition coefficient (Wildman–Crippen LogP) is 4.03. The van der Waals surface area contributed by atoms with E-state index in [-0.39, 0.29) is 17.7 Å². The summed E-state index contributed by atoms with van der Waals surface area (Å²) in [7, 11) is -1.85. The quantitative estimate of drug-likeness (QED) is 0.430. The maximum Gasteiger partial charge on any atom is 0.251 e. The van der Waals surface area contributed by atoms with E-state index in [1.807, 2.05) is 42.5 Å². The van der Waals surface area contributed by atoms with Gasteiger partial charge in [0.25, 0.3) is 5.91 Å². The number of ether oxygens (including phenoxy) is 2. The van der Waals surface area contributed by atoms with Gasteiger partial charge < -0.3 is 14.8 Å². The van der Waals surface area contributed by atoms with Crippen LogP contribution in [0.25, 0.3) is 0 Å². The standard InChI is InChI=1S/C26H30N2O5S/c1-19(2)28-34(30,31)18-22-11-9-20(10-12-22)16-27-26(29)23-13-14-24(25(15-23)32-3)33-17-21-7-5-4-6-8-21/h4-15,19,28H,16-18H2,1-3H3,(H,27,29). The lowest BCUT2D eigenvalue weighted by Gasteiger charge is -2.13. The van der Waals surface area contributed by atoms with Crippen LogP contribution in [0.2, 0.25) is 0 Å². The molecule has 0 bridgehead atoms. The van der Waals surface area contributed by atoms with Crippen molar-refractivity contribution in [3.05, 3.63) is 95.1 Å². The Kier molecular flexibility index (Phi) is 8.67. The van der Waals surface area contributed by atoms with E-state index in [0.717, 1.165) is 11.1 Å². The van der Waals surface area contributed by atoms with Gasteiger partial charge in [-0.3, -0.25) is 4.79 Å². The van der Waals surface area contributed by atoms with Crippen LogP contribution in [-0.2, 0) is 28.9 Å². The average molecular weight is 483 g/mol. The zero-order valence-corrected chi connectivity index (χ0v) is 20.4. The van der Waals surface area contributed by atoms with Gasteiger partial charge >= 0.3 is 0 Å². The largest absolute Gasteiger partial charge is 0.493 e. The number of methoxy groups -OCH3 is 1. The summed E-state index contributed by atoms with van der Waals surface area (Å²) in [5.41, 5.74) is 3.03. The monoisotopic (exact) mass is 482 g/mol. The Balaban J connectivity index is 1.57. The normalized spacial score (nSPS) is 11.3. The summed E-state index contributed by atoms with van der Waals surface area (Å²) in [5.74, 6) is 0.696. The molecule has 2 N–H and O–H groups in total. The highest BCUT2D eigenvalue weighted by atomic mass is 32.2. The summed E-state index contributed by atoms with van der Waals surface area (Å²) in [6.45, 7) is 4.27. The summed E-state index contributed by atoms with van der Waals surface area (Å²) < 4.78 is 38.0. The summed E-state index contributed by atoms with van der Waals surface area (Å²) in [6.07, 6.45) is 0. The number of carbonyl (C=O) groups is 1. The van der Waals surface area contributed by atoms with E-state index >= 15 is 0 Å². The highest BCUT2D eigenvalue weighted by molar-refractivity contribution is 7.88. The molecule has 0 spiro atoms. The van der Waals surface area contributed by atoms with Crippen molar-refractivity contribution in [2.24, 2.45) is 0 Å². The molecule has 34 heavy (non-hydrogen) atoms. The first-order valence-corrected chi connectivity index (χ1v) is 12.6. The molecule has 0 aliphatic heterocycles. The summed E-state index contributed by atoms with van der Waals surface area (Å²) in [6, 6.07) is 21.8. The highest BCUT2D eigenvalue weighted by Crippen LogP contribution is 2.29. The SMILES string of the molecule is COc1cc(C(=O)NCc2ccc(CS(=O)(=O)NC(C)C)cc2)ccc1OCc1ccccc1. The fourth-order valence-electron chi connectivity index (χ4n) is 3.32. The number of hydrogen-bond donors (Lipinski definition) is 2. The minimum Gasteiger partial charge on any atom is -0.493 e. The van der Waals surface area contributed by atoms with Gasteiger partial charge in [-0.05, 0) is 48.7 Å². The third-order valence-electron chi connectivity index (χ3n) is 4.91. The fraction of sp³-hybridized carbons (Fsp3) is 0.269. The molecule has 0 saturated carbocycles. The van der Waals surface area contributed by atoms with Gasteiger partial charge in [-0.15, -0.1) is 0 Å². The Bertz CT molecular complexity index is 1190. The Labute approximate surface area is 201 Å². The Morgan fingerprint density at radius 2 is 1.56 bits per heavy atom. The molecule has 0 atom stereocenters. The summed E-state index contributed by atoms with van der Waals surface area (Å²) in [5, 5.41) is 2.87. The molecular weight excluding hydrogens is 452 g/mol. The average Bonchev–Trinajstić information content (AvgIpc) is 2.81. The van der Waals surface area contributed by atoms with Crippen molar-refractivity contribution in [3.63, 3.8) is 0 Å². The van der Waals surface area contributed by atoms with Crippen LogP contribution in [-0.4, -0.2) is 27.5 Å². The van der Waals surface area contributed by atoms with Gasteiger partial charge in [-0.25, -0.2) is 13.1 Å².